The lowest BCUT2D eigenvalue weighted by atomic mass is 9.91. The number of carboxylic acids is 1. The molecule has 1 N–H and O–H groups in total. The van der Waals surface area contributed by atoms with Gasteiger partial charge in [-0.05, 0) is 31.3 Å². The molecule has 0 aliphatic heterocycles. The maximum absolute atomic E-state index is 11.9. The zero-order valence-electron chi connectivity index (χ0n) is 13.1. The third-order valence-corrected chi connectivity index (χ3v) is 3.82. The van der Waals surface area contributed by atoms with E-state index in [0.29, 0.717) is 32.1 Å². The molecule has 0 amide bonds. The lowest BCUT2D eigenvalue weighted by molar-refractivity contribution is -0.137. The molecule has 2 unspecified atom stereocenters. The van der Waals surface area contributed by atoms with Crippen molar-refractivity contribution in [2.45, 2.75) is 58.3 Å². The van der Waals surface area contributed by atoms with Crippen molar-refractivity contribution in [1.82, 2.24) is 0 Å². The van der Waals surface area contributed by atoms with E-state index >= 15 is 0 Å². The molecule has 0 radical (unpaired) electrons. The van der Waals surface area contributed by atoms with Gasteiger partial charge in [-0.1, -0.05) is 13.0 Å². The molecule has 0 bridgehead atoms. The average molecular weight is 304 g/mol. The van der Waals surface area contributed by atoms with E-state index in [4.69, 9.17) is 5.11 Å². The van der Waals surface area contributed by atoms with Crippen LogP contribution in [0.5, 0.6) is 0 Å². The predicted octanol–water partition coefficient (Wildman–Crippen LogP) is 3.16. The maximum atomic E-state index is 11.9. The van der Waals surface area contributed by atoms with Crippen LogP contribution in [-0.2, 0) is 14.4 Å². The number of carbonyl (C=O) groups excluding carboxylic acids is 2. The first-order chi connectivity index (χ1) is 10.5. The normalized spacial score (nSPS) is 20.9. The molecule has 1 fully saturated rings. The molecule has 0 aromatic carbocycles. The summed E-state index contributed by atoms with van der Waals surface area (Å²) in [4.78, 5) is 33.8. The monoisotopic (exact) mass is 304 g/mol. The lowest BCUT2D eigenvalue weighted by Crippen LogP contribution is -2.12. The molecule has 1 saturated carbocycles. The Morgan fingerprint density at radius 1 is 1.32 bits per heavy atom. The van der Waals surface area contributed by atoms with E-state index in [0.717, 1.165) is 12.8 Å². The minimum atomic E-state index is -0.810. The molecule has 22 heavy (non-hydrogen) atoms. The first-order valence-electron chi connectivity index (χ1n) is 7.95. The lowest BCUT2D eigenvalue weighted by Gasteiger charge is -2.11. The Kier molecular flexibility index (Phi) is 8.21. The van der Waals surface area contributed by atoms with Crippen molar-refractivity contribution in [3.05, 3.63) is 12.2 Å². The number of Topliss-reactive ketones (excluding diaryl/α,β-unsaturated/α-hetero) is 1. The standard InChI is InChI=1S/C18H24O4/c1-2-7-15(19)12-10-14-11-13-17(20)16(14)8-5-3-4-6-9-18(21)22/h10,12,14,16H,2,4,6-9,11,13H2,1H3,(H,21,22)/b12-10+. The number of aliphatic carboxylic acids is 1. The van der Waals surface area contributed by atoms with Gasteiger partial charge < -0.3 is 5.11 Å². The van der Waals surface area contributed by atoms with E-state index in [9.17, 15) is 14.4 Å². The average Bonchev–Trinajstić information content (AvgIpc) is 2.81. The van der Waals surface area contributed by atoms with Gasteiger partial charge in [0.05, 0.1) is 0 Å². The summed E-state index contributed by atoms with van der Waals surface area (Å²) in [6.45, 7) is 1.97. The number of hydrogen-bond donors (Lipinski definition) is 1. The summed E-state index contributed by atoms with van der Waals surface area (Å²) in [7, 11) is 0. The highest BCUT2D eigenvalue weighted by Crippen LogP contribution is 2.32. The number of unbranched alkanes of at least 4 members (excludes halogenated alkanes) is 1. The van der Waals surface area contributed by atoms with Crippen LogP contribution in [0.4, 0.5) is 0 Å². The molecule has 1 aliphatic carbocycles. The second-order valence-corrected chi connectivity index (χ2v) is 5.66. The zero-order valence-corrected chi connectivity index (χ0v) is 13.1. The highest BCUT2D eigenvalue weighted by molar-refractivity contribution is 5.90. The molecule has 2 atom stereocenters. The van der Waals surface area contributed by atoms with Gasteiger partial charge in [-0.3, -0.25) is 14.4 Å². The molecule has 0 aromatic rings. The molecule has 0 spiro atoms. The minimum absolute atomic E-state index is 0.111. The molecule has 4 nitrogen and oxygen atoms in total. The molecule has 0 saturated heterocycles. The van der Waals surface area contributed by atoms with Crippen molar-refractivity contribution >= 4 is 17.5 Å². The van der Waals surface area contributed by atoms with Crippen molar-refractivity contribution in [1.29, 1.82) is 0 Å². The van der Waals surface area contributed by atoms with Gasteiger partial charge in [-0.15, -0.1) is 11.8 Å². The van der Waals surface area contributed by atoms with Crippen molar-refractivity contribution in [2.24, 2.45) is 11.8 Å². The first kappa shape index (κ1) is 18.2. The number of rotatable bonds is 8. The van der Waals surface area contributed by atoms with E-state index < -0.39 is 5.97 Å². The van der Waals surface area contributed by atoms with Crippen LogP contribution in [0, 0.1) is 23.7 Å². The highest BCUT2D eigenvalue weighted by atomic mass is 16.4. The second-order valence-electron chi connectivity index (χ2n) is 5.66. The predicted molar refractivity (Wildman–Crippen MR) is 84.2 cm³/mol. The van der Waals surface area contributed by atoms with E-state index in [-0.39, 0.29) is 29.8 Å². The Bertz CT molecular complexity index is 493. The summed E-state index contributed by atoms with van der Waals surface area (Å²) in [5, 5.41) is 8.53. The number of allylic oxidation sites excluding steroid dienone is 2. The van der Waals surface area contributed by atoms with Gasteiger partial charge in [-0.2, -0.15) is 0 Å². The fraction of sp³-hybridized carbons (Fsp3) is 0.611. The van der Waals surface area contributed by atoms with Crippen LogP contribution in [0.3, 0.4) is 0 Å². The minimum Gasteiger partial charge on any atom is -0.481 e. The second kappa shape index (κ2) is 9.94. The Hall–Kier alpha value is -1.89. The van der Waals surface area contributed by atoms with Gasteiger partial charge in [-0.25, -0.2) is 0 Å². The van der Waals surface area contributed by atoms with Crippen LogP contribution in [0.15, 0.2) is 12.2 Å². The van der Waals surface area contributed by atoms with Crippen molar-refractivity contribution in [3.63, 3.8) is 0 Å². The third kappa shape index (κ3) is 6.71. The molecule has 120 valence electrons. The van der Waals surface area contributed by atoms with Crippen LogP contribution in [0.25, 0.3) is 0 Å². The molecule has 0 heterocycles. The Morgan fingerprint density at radius 3 is 2.77 bits per heavy atom. The molecule has 4 heteroatoms. The molecular formula is C18H24O4. The van der Waals surface area contributed by atoms with Crippen LogP contribution in [0.2, 0.25) is 0 Å². The number of carbonyl (C=O) groups is 3. The van der Waals surface area contributed by atoms with Gasteiger partial charge in [0.2, 0.25) is 0 Å². The van der Waals surface area contributed by atoms with Gasteiger partial charge in [0.25, 0.3) is 0 Å². The van der Waals surface area contributed by atoms with E-state index in [1.807, 2.05) is 13.0 Å². The third-order valence-electron chi connectivity index (χ3n) is 3.82. The van der Waals surface area contributed by atoms with Gasteiger partial charge in [0.15, 0.2) is 5.78 Å². The van der Waals surface area contributed by atoms with Gasteiger partial charge in [0.1, 0.15) is 5.78 Å². The summed E-state index contributed by atoms with van der Waals surface area (Å²) in [5.74, 6) is 5.45. The fourth-order valence-electron chi connectivity index (χ4n) is 2.59. The molecular weight excluding hydrogens is 280 g/mol. The fourth-order valence-corrected chi connectivity index (χ4v) is 2.59. The van der Waals surface area contributed by atoms with E-state index in [1.165, 1.54) is 0 Å². The number of hydrogen-bond acceptors (Lipinski definition) is 3. The van der Waals surface area contributed by atoms with Crippen molar-refractivity contribution in [3.8, 4) is 11.8 Å². The van der Waals surface area contributed by atoms with Crippen molar-refractivity contribution < 1.29 is 19.5 Å². The Balaban J connectivity index is 2.45. The summed E-state index contributed by atoms with van der Waals surface area (Å²) in [5.41, 5.74) is 0. The summed E-state index contributed by atoms with van der Waals surface area (Å²) in [6.07, 6.45) is 7.93. The Labute approximate surface area is 132 Å². The molecule has 1 aliphatic rings. The highest BCUT2D eigenvalue weighted by Gasteiger charge is 2.32. The first-order valence-corrected chi connectivity index (χ1v) is 7.95. The molecule has 0 aromatic heterocycles. The number of ketones is 2. The smallest absolute Gasteiger partial charge is 0.303 e. The van der Waals surface area contributed by atoms with Gasteiger partial charge in [0, 0.05) is 38.0 Å². The van der Waals surface area contributed by atoms with E-state index in [1.54, 1.807) is 6.08 Å². The number of carboxylic acid groups (broad SMARTS) is 1. The van der Waals surface area contributed by atoms with Crippen LogP contribution in [-0.4, -0.2) is 22.6 Å². The van der Waals surface area contributed by atoms with E-state index in [2.05, 4.69) is 11.8 Å². The van der Waals surface area contributed by atoms with Crippen molar-refractivity contribution in [2.75, 3.05) is 0 Å². The zero-order chi connectivity index (χ0) is 16.4. The summed E-state index contributed by atoms with van der Waals surface area (Å²) >= 11 is 0. The quantitative estimate of drug-likeness (QED) is 0.425. The largest absolute Gasteiger partial charge is 0.481 e. The SMILES string of the molecule is CCCC(=O)/C=C/C1CCC(=O)C1CC#CCCCC(=O)O. The molecule has 1 rings (SSSR count). The summed E-state index contributed by atoms with van der Waals surface area (Å²) < 4.78 is 0. The summed E-state index contributed by atoms with van der Waals surface area (Å²) in [6, 6.07) is 0. The topological polar surface area (TPSA) is 71.4 Å². The van der Waals surface area contributed by atoms with Crippen LogP contribution >= 0.6 is 0 Å². The van der Waals surface area contributed by atoms with Crippen LogP contribution < -0.4 is 0 Å². The maximum Gasteiger partial charge on any atom is 0.303 e. The van der Waals surface area contributed by atoms with Gasteiger partial charge >= 0.3 is 5.97 Å². The Morgan fingerprint density at radius 2 is 2.09 bits per heavy atom. The van der Waals surface area contributed by atoms with Crippen LogP contribution in [0.1, 0.15) is 58.3 Å².